The monoisotopic (exact) mass is 327 g/mol. The lowest BCUT2D eigenvalue weighted by Crippen LogP contribution is -2.44. The summed E-state index contributed by atoms with van der Waals surface area (Å²) in [6.07, 6.45) is 3.20. The summed E-state index contributed by atoms with van der Waals surface area (Å²) in [5, 5.41) is 7.26. The molecule has 0 spiro atoms. The highest BCUT2D eigenvalue weighted by Crippen LogP contribution is 2.25. The van der Waals surface area contributed by atoms with Gasteiger partial charge in [0.1, 0.15) is 5.82 Å². The highest BCUT2D eigenvalue weighted by atomic mass is 35.5. The van der Waals surface area contributed by atoms with Crippen molar-refractivity contribution in [2.45, 2.75) is 25.8 Å². The van der Waals surface area contributed by atoms with E-state index in [2.05, 4.69) is 25.5 Å². The minimum Gasteiger partial charge on any atom is -0.357 e. The van der Waals surface area contributed by atoms with E-state index >= 15 is 0 Å². The molecule has 122 valence electrons. The molecular formula is C15H23ClFN5. The molecular weight excluding hydrogens is 305 g/mol. The Labute approximate surface area is 136 Å². The smallest absolute Gasteiger partial charge is 0.191 e. The van der Waals surface area contributed by atoms with Crippen molar-refractivity contribution in [1.82, 2.24) is 15.6 Å². The standard InChI is InChI=1S/C15H23ClFN5/c1-2-18-15(20-9-4-7-17)21-12-6-10-22(11-12)14-13(16)5-3-8-19-14/h3,5,8,12H,2,4,6-7,9-11H2,1H3,(H2,18,20,21). The fraction of sp³-hybridized carbons (Fsp3) is 0.600. The van der Waals surface area contributed by atoms with Crippen LogP contribution in [-0.2, 0) is 0 Å². The lowest BCUT2D eigenvalue weighted by molar-refractivity contribution is 0.477. The SMILES string of the molecule is CCNC(=NCCCF)NC1CCN(c2ncccc2Cl)C1. The van der Waals surface area contributed by atoms with Crippen LogP contribution in [0.1, 0.15) is 19.8 Å². The van der Waals surface area contributed by atoms with Crippen molar-refractivity contribution in [2.75, 3.05) is 37.8 Å². The third-order valence-electron chi connectivity index (χ3n) is 3.47. The first-order chi connectivity index (χ1) is 10.7. The van der Waals surface area contributed by atoms with E-state index in [1.807, 2.05) is 19.1 Å². The summed E-state index contributed by atoms with van der Waals surface area (Å²) in [6, 6.07) is 3.97. The highest BCUT2D eigenvalue weighted by molar-refractivity contribution is 6.32. The predicted molar refractivity (Wildman–Crippen MR) is 89.6 cm³/mol. The molecule has 1 aliphatic rings. The van der Waals surface area contributed by atoms with Crippen molar-refractivity contribution in [3.8, 4) is 0 Å². The molecule has 1 atom stereocenters. The number of nitrogens with one attached hydrogen (secondary N) is 2. The molecule has 22 heavy (non-hydrogen) atoms. The van der Waals surface area contributed by atoms with Crippen LogP contribution in [0, 0.1) is 0 Å². The molecule has 0 saturated carbocycles. The zero-order chi connectivity index (χ0) is 15.8. The van der Waals surface area contributed by atoms with Gasteiger partial charge in [0.15, 0.2) is 5.96 Å². The predicted octanol–water partition coefficient (Wildman–Crippen LogP) is 2.23. The number of hydrogen-bond acceptors (Lipinski definition) is 3. The Bertz CT molecular complexity index is 497. The van der Waals surface area contributed by atoms with E-state index in [1.165, 1.54) is 0 Å². The van der Waals surface area contributed by atoms with E-state index in [0.29, 0.717) is 18.0 Å². The van der Waals surface area contributed by atoms with Crippen LogP contribution in [0.5, 0.6) is 0 Å². The Morgan fingerprint density at radius 2 is 2.45 bits per heavy atom. The summed E-state index contributed by atoms with van der Waals surface area (Å²) in [7, 11) is 0. The topological polar surface area (TPSA) is 52.6 Å². The zero-order valence-electron chi connectivity index (χ0n) is 12.9. The number of nitrogens with zero attached hydrogens (tertiary/aromatic N) is 3. The summed E-state index contributed by atoms with van der Waals surface area (Å²) in [6.45, 7) is 4.68. The molecule has 1 unspecified atom stereocenters. The van der Waals surface area contributed by atoms with Crippen molar-refractivity contribution < 1.29 is 4.39 Å². The van der Waals surface area contributed by atoms with Crippen molar-refractivity contribution in [3.05, 3.63) is 23.4 Å². The average Bonchev–Trinajstić information content (AvgIpc) is 2.96. The molecule has 1 fully saturated rings. The fourth-order valence-corrected chi connectivity index (χ4v) is 2.69. The molecule has 0 bridgehead atoms. The molecule has 0 aromatic carbocycles. The molecule has 1 saturated heterocycles. The second-order valence-corrected chi connectivity index (χ2v) is 5.60. The number of guanidine groups is 1. The largest absolute Gasteiger partial charge is 0.357 e. The van der Waals surface area contributed by atoms with Gasteiger partial charge >= 0.3 is 0 Å². The first kappa shape index (κ1) is 16.8. The van der Waals surface area contributed by atoms with E-state index in [4.69, 9.17) is 11.6 Å². The minimum absolute atomic E-state index is 0.279. The molecule has 5 nitrogen and oxygen atoms in total. The normalized spacial score (nSPS) is 18.6. The van der Waals surface area contributed by atoms with Crippen LogP contribution in [0.4, 0.5) is 10.2 Å². The van der Waals surface area contributed by atoms with E-state index in [0.717, 1.165) is 37.8 Å². The van der Waals surface area contributed by atoms with Crippen LogP contribution in [0.3, 0.4) is 0 Å². The molecule has 1 aliphatic heterocycles. The van der Waals surface area contributed by atoms with E-state index in [1.54, 1.807) is 6.20 Å². The Kier molecular flexibility index (Phi) is 6.71. The van der Waals surface area contributed by atoms with E-state index in [-0.39, 0.29) is 12.7 Å². The maximum Gasteiger partial charge on any atom is 0.191 e. The van der Waals surface area contributed by atoms with Gasteiger partial charge in [-0.05, 0) is 31.9 Å². The van der Waals surface area contributed by atoms with Gasteiger partial charge in [-0.15, -0.1) is 0 Å². The molecule has 1 aromatic heterocycles. The number of rotatable bonds is 6. The maximum absolute atomic E-state index is 12.2. The van der Waals surface area contributed by atoms with Crippen LogP contribution in [0.15, 0.2) is 23.3 Å². The van der Waals surface area contributed by atoms with Crippen LogP contribution in [0.2, 0.25) is 5.02 Å². The molecule has 0 aliphatic carbocycles. The number of alkyl halides is 1. The maximum atomic E-state index is 12.2. The molecule has 7 heteroatoms. The summed E-state index contributed by atoms with van der Waals surface area (Å²) in [4.78, 5) is 10.9. The highest BCUT2D eigenvalue weighted by Gasteiger charge is 2.25. The van der Waals surface area contributed by atoms with Gasteiger partial charge in [-0.2, -0.15) is 0 Å². The molecule has 2 rings (SSSR count). The van der Waals surface area contributed by atoms with Crippen LogP contribution in [0.25, 0.3) is 0 Å². The summed E-state index contributed by atoms with van der Waals surface area (Å²) < 4.78 is 12.2. The molecule has 0 radical (unpaired) electrons. The number of hydrogen-bond donors (Lipinski definition) is 2. The first-order valence-corrected chi connectivity index (χ1v) is 8.08. The van der Waals surface area contributed by atoms with E-state index < -0.39 is 0 Å². The Morgan fingerprint density at radius 1 is 1.59 bits per heavy atom. The van der Waals surface area contributed by atoms with E-state index in [9.17, 15) is 4.39 Å². The van der Waals surface area contributed by atoms with Gasteiger partial charge in [0.05, 0.1) is 11.7 Å². The van der Waals surface area contributed by atoms with Gasteiger partial charge in [0, 0.05) is 38.4 Å². The van der Waals surface area contributed by atoms with Gasteiger partial charge < -0.3 is 15.5 Å². The summed E-state index contributed by atoms with van der Waals surface area (Å²) >= 11 is 6.20. The number of aliphatic imine (C=N–C) groups is 1. The molecule has 1 aromatic rings. The second-order valence-electron chi connectivity index (χ2n) is 5.19. The number of pyridine rings is 1. The quantitative estimate of drug-likeness (QED) is 0.478. The first-order valence-electron chi connectivity index (χ1n) is 7.71. The van der Waals surface area contributed by atoms with Gasteiger partial charge in [-0.25, -0.2) is 4.98 Å². The molecule has 2 N–H and O–H groups in total. The zero-order valence-corrected chi connectivity index (χ0v) is 13.6. The Morgan fingerprint density at radius 3 is 3.18 bits per heavy atom. The fourth-order valence-electron chi connectivity index (χ4n) is 2.44. The lowest BCUT2D eigenvalue weighted by atomic mass is 10.3. The third-order valence-corrected chi connectivity index (χ3v) is 3.77. The molecule has 0 amide bonds. The number of aromatic nitrogens is 1. The van der Waals surface area contributed by atoms with Crippen molar-refractivity contribution in [2.24, 2.45) is 4.99 Å². The van der Waals surface area contributed by atoms with Gasteiger partial charge in [0.25, 0.3) is 0 Å². The van der Waals surface area contributed by atoms with Crippen LogP contribution in [-0.4, -0.2) is 49.8 Å². The Hall–Kier alpha value is -1.56. The average molecular weight is 328 g/mol. The van der Waals surface area contributed by atoms with Crippen molar-refractivity contribution in [3.63, 3.8) is 0 Å². The van der Waals surface area contributed by atoms with Gasteiger partial charge in [-0.3, -0.25) is 9.38 Å². The van der Waals surface area contributed by atoms with Gasteiger partial charge in [-0.1, -0.05) is 11.6 Å². The number of halogens is 2. The molecule has 2 heterocycles. The van der Waals surface area contributed by atoms with Gasteiger partial charge in [0.2, 0.25) is 0 Å². The lowest BCUT2D eigenvalue weighted by Gasteiger charge is -2.20. The van der Waals surface area contributed by atoms with Crippen LogP contribution < -0.4 is 15.5 Å². The summed E-state index contributed by atoms with van der Waals surface area (Å²) in [5.41, 5.74) is 0. The summed E-state index contributed by atoms with van der Waals surface area (Å²) in [5.74, 6) is 1.57. The number of anilines is 1. The minimum atomic E-state index is -0.335. The van der Waals surface area contributed by atoms with Crippen LogP contribution >= 0.6 is 11.6 Å². The van der Waals surface area contributed by atoms with Crippen molar-refractivity contribution in [1.29, 1.82) is 0 Å². The third kappa shape index (κ3) is 4.73. The Balaban J connectivity index is 1.91. The van der Waals surface area contributed by atoms with Crippen molar-refractivity contribution >= 4 is 23.4 Å². The second kappa shape index (κ2) is 8.78.